The molecule has 31 heavy (non-hydrogen) atoms. The van der Waals surface area contributed by atoms with Gasteiger partial charge >= 0.3 is 0 Å². The average Bonchev–Trinajstić information content (AvgIpc) is 2.78. The Morgan fingerprint density at radius 2 is 1.74 bits per heavy atom. The van der Waals surface area contributed by atoms with Gasteiger partial charge in [-0.2, -0.15) is 4.98 Å². The standard InChI is InChI=1S/C24H29ClN6/c1-18-5-3-4-6-19(18)11-12-26-23-22(25)17-27-24(29-23)28-20-7-9-21(10-8-20)31-15-13-30(2)14-16-31/h3-10,17H,11-16H2,1-2H3,(H2,26,27,28,29). The summed E-state index contributed by atoms with van der Waals surface area (Å²) in [6.45, 7) is 7.18. The van der Waals surface area contributed by atoms with Crippen LogP contribution in [0, 0.1) is 6.92 Å². The van der Waals surface area contributed by atoms with Crippen molar-refractivity contribution in [3.8, 4) is 0 Å². The molecule has 4 rings (SSSR count). The van der Waals surface area contributed by atoms with Crippen LogP contribution in [0.5, 0.6) is 0 Å². The van der Waals surface area contributed by atoms with Crippen molar-refractivity contribution in [3.63, 3.8) is 0 Å². The van der Waals surface area contributed by atoms with Crippen LogP contribution in [0.15, 0.2) is 54.7 Å². The van der Waals surface area contributed by atoms with E-state index in [-0.39, 0.29) is 0 Å². The first-order valence-electron chi connectivity index (χ1n) is 10.7. The third-order valence-electron chi connectivity index (χ3n) is 5.68. The van der Waals surface area contributed by atoms with Gasteiger partial charge in [-0.05, 0) is 55.8 Å². The van der Waals surface area contributed by atoms with Gasteiger partial charge in [0.05, 0.1) is 6.20 Å². The molecule has 0 aliphatic carbocycles. The molecule has 0 saturated carbocycles. The molecule has 0 radical (unpaired) electrons. The third-order valence-corrected chi connectivity index (χ3v) is 5.96. The Balaban J connectivity index is 1.36. The summed E-state index contributed by atoms with van der Waals surface area (Å²) in [6, 6.07) is 16.8. The van der Waals surface area contributed by atoms with Gasteiger partial charge in [0.2, 0.25) is 5.95 Å². The minimum atomic E-state index is 0.515. The predicted molar refractivity (Wildman–Crippen MR) is 130 cm³/mol. The summed E-state index contributed by atoms with van der Waals surface area (Å²) in [5.74, 6) is 1.16. The number of aromatic nitrogens is 2. The SMILES string of the molecule is Cc1ccccc1CCNc1nc(Nc2ccc(N3CCN(C)CC3)cc2)ncc1Cl. The lowest BCUT2D eigenvalue weighted by Crippen LogP contribution is -2.44. The van der Waals surface area contributed by atoms with E-state index < -0.39 is 0 Å². The van der Waals surface area contributed by atoms with Crippen molar-refractivity contribution in [2.24, 2.45) is 0 Å². The number of halogens is 1. The zero-order chi connectivity index (χ0) is 21.6. The Bertz CT molecular complexity index is 999. The van der Waals surface area contributed by atoms with Crippen molar-refractivity contribution in [2.45, 2.75) is 13.3 Å². The fourth-order valence-electron chi connectivity index (χ4n) is 3.71. The molecule has 7 heteroatoms. The first-order chi connectivity index (χ1) is 15.1. The number of benzene rings is 2. The maximum absolute atomic E-state index is 6.31. The molecule has 0 spiro atoms. The van der Waals surface area contributed by atoms with Gasteiger partial charge in [-0.25, -0.2) is 4.98 Å². The minimum Gasteiger partial charge on any atom is -0.369 e. The Hall–Kier alpha value is -2.83. The number of nitrogens with zero attached hydrogens (tertiary/aromatic N) is 4. The number of anilines is 4. The van der Waals surface area contributed by atoms with Crippen molar-refractivity contribution in [2.75, 3.05) is 55.3 Å². The molecule has 1 fully saturated rings. The van der Waals surface area contributed by atoms with Crippen LogP contribution < -0.4 is 15.5 Å². The normalized spacial score (nSPS) is 14.5. The van der Waals surface area contributed by atoms with E-state index in [0.29, 0.717) is 16.8 Å². The highest BCUT2D eigenvalue weighted by Crippen LogP contribution is 2.24. The molecule has 1 aromatic heterocycles. The zero-order valence-electron chi connectivity index (χ0n) is 18.1. The van der Waals surface area contributed by atoms with Crippen LogP contribution in [0.3, 0.4) is 0 Å². The fraction of sp³-hybridized carbons (Fsp3) is 0.333. The molecule has 2 N–H and O–H groups in total. The monoisotopic (exact) mass is 436 g/mol. The molecule has 0 atom stereocenters. The van der Waals surface area contributed by atoms with E-state index in [2.05, 4.69) is 92.9 Å². The number of hydrogen-bond acceptors (Lipinski definition) is 6. The summed E-state index contributed by atoms with van der Waals surface area (Å²) in [6.07, 6.45) is 2.54. The van der Waals surface area contributed by atoms with Gasteiger partial charge in [-0.3, -0.25) is 0 Å². The van der Waals surface area contributed by atoms with E-state index in [1.54, 1.807) is 6.20 Å². The van der Waals surface area contributed by atoms with Gasteiger partial charge in [0.15, 0.2) is 5.82 Å². The maximum Gasteiger partial charge on any atom is 0.229 e. The average molecular weight is 437 g/mol. The second kappa shape index (κ2) is 9.98. The quantitative estimate of drug-likeness (QED) is 0.565. The molecule has 6 nitrogen and oxygen atoms in total. The lowest BCUT2D eigenvalue weighted by atomic mass is 10.1. The van der Waals surface area contributed by atoms with Crippen molar-refractivity contribution < 1.29 is 0 Å². The molecule has 0 amide bonds. The molecule has 2 aromatic carbocycles. The summed E-state index contributed by atoms with van der Waals surface area (Å²) < 4.78 is 0. The van der Waals surface area contributed by atoms with Gasteiger partial charge in [0.1, 0.15) is 5.02 Å². The molecule has 0 bridgehead atoms. The topological polar surface area (TPSA) is 56.3 Å². The molecule has 1 saturated heterocycles. The summed E-state index contributed by atoms with van der Waals surface area (Å²) in [5.41, 5.74) is 4.81. The third kappa shape index (κ3) is 5.66. The minimum absolute atomic E-state index is 0.515. The summed E-state index contributed by atoms with van der Waals surface area (Å²) >= 11 is 6.31. The summed E-state index contributed by atoms with van der Waals surface area (Å²) in [4.78, 5) is 13.7. The van der Waals surface area contributed by atoms with E-state index in [4.69, 9.17) is 11.6 Å². The van der Waals surface area contributed by atoms with Gasteiger partial charge < -0.3 is 20.4 Å². The molecule has 162 valence electrons. The Kier molecular flexibility index (Phi) is 6.89. The molecule has 0 unspecified atom stereocenters. The second-order valence-electron chi connectivity index (χ2n) is 7.96. The Morgan fingerprint density at radius 1 is 1.00 bits per heavy atom. The largest absolute Gasteiger partial charge is 0.369 e. The number of aryl methyl sites for hydroxylation is 1. The number of hydrogen-bond donors (Lipinski definition) is 2. The fourth-order valence-corrected chi connectivity index (χ4v) is 3.86. The van der Waals surface area contributed by atoms with Crippen LogP contribution in [0.1, 0.15) is 11.1 Å². The lowest BCUT2D eigenvalue weighted by Gasteiger charge is -2.34. The van der Waals surface area contributed by atoms with Gasteiger partial charge in [-0.15, -0.1) is 0 Å². The van der Waals surface area contributed by atoms with Crippen LogP contribution in [-0.2, 0) is 6.42 Å². The van der Waals surface area contributed by atoms with E-state index in [9.17, 15) is 0 Å². The van der Waals surface area contributed by atoms with E-state index in [1.807, 2.05) is 0 Å². The first-order valence-corrected chi connectivity index (χ1v) is 11.1. The van der Waals surface area contributed by atoms with Crippen molar-refractivity contribution >= 4 is 34.7 Å². The van der Waals surface area contributed by atoms with Crippen LogP contribution in [-0.4, -0.2) is 54.6 Å². The molecular formula is C24H29ClN6. The summed E-state index contributed by atoms with van der Waals surface area (Å²) in [5, 5.41) is 7.13. The number of rotatable bonds is 7. The van der Waals surface area contributed by atoms with Crippen molar-refractivity contribution in [1.82, 2.24) is 14.9 Å². The van der Waals surface area contributed by atoms with Crippen LogP contribution in [0.25, 0.3) is 0 Å². The highest BCUT2D eigenvalue weighted by molar-refractivity contribution is 6.32. The molecular weight excluding hydrogens is 408 g/mol. The number of nitrogens with one attached hydrogen (secondary N) is 2. The number of piperazine rings is 1. The van der Waals surface area contributed by atoms with Crippen LogP contribution >= 0.6 is 11.6 Å². The Morgan fingerprint density at radius 3 is 2.48 bits per heavy atom. The van der Waals surface area contributed by atoms with Gasteiger partial charge in [0.25, 0.3) is 0 Å². The van der Waals surface area contributed by atoms with Crippen LogP contribution in [0.2, 0.25) is 5.02 Å². The highest BCUT2D eigenvalue weighted by Gasteiger charge is 2.14. The van der Waals surface area contributed by atoms with Gasteiger partial charge in [-0.1, -0.05) is 35.9 Å². The smallest absolute Gasteiger partial charge is 0.229 e. The zero-order valence-corrected chi connectivity index (χ0v) is 18.9. The first kappa shape index (κ1) is 21.4. The molecule has 2 heterocycles. The van der Waals surface area contributed by atoms with E-state index >= 15 is 0 Å². The second-order valence-corrected chi connectivity index (χ2v) is 8.36. The highest BCUT2D eigenvalue weighted by atomic mass is 35.5. The predicted octanol–water partition coefficient (Wildman–Crippen LogP) is 4.59. The van der Waals surface area contributed by atoms with Crippen molar-refractivity contribution in [1.29, 1.82) is 0 Å². The maximum atomic E-state index is 6.31. The summed E-state index contributed by atoms with van der Waals surface area (Å²) in [7, 11) is 2.17. The molecule has 1 aliphatic heterocycles. The van der Waals surface area contributed by atoms with Gasteiger partial charge in [0, 0.05) is 44.1 Å². The molecule has 1 aliphatic rings. The van der Waals surface area contributed by atoms with E-state index in [0.717, 1.165) is 44.8 Å². The molecule has 3 aromatic rings. The van der Waals surface area contributed by atoms with E-state index in [1.165, 1.54) is 16.8 Å². The number of likely N-dealkylation sites (N-methyl/N-ethyl adjacent to an activating group) is 1. The lowest BCUT2D eigenvalue weighted by molar-refractivity contribution is 0.313. The Labute approximate surface area is 189 Å². The van der Waals surface area contributed by atoms with Crippen molar-refractivity contribution in [3.05, 3.63) is 70.9 Å². The van der Waals surface area contributed by atoms with Crippen LogP contribution in [0.4, 0.5) is 23.1 Å².